The molecule has 1 aromatic carbocycles. The summed E-state index contributed by atoms with van der Waals surface area (Å²) in [4.78, 5) is 13.5. The van der Waals surface area contributed by atoms with E-state index in [1.54, 1.807) is 6.07 Å². The van der Waals surface area contributed by atoms with Crippen molar-refractivity contribution < 1.29 is 10.0 Å². The monoisotopic (exact) mass is 305 g/mol. The summed E-state index contributed by atoms with van der Waals surface area (Å²) >= 11 is 0. The van der Waals surface area contributed by atoms with Crippen LogP contribution in [0.1, 0.15) is 37.3 Å². The van der Waals surface area contributed by atoms with Crippen molar-refractivity contribution in [3.8, 4) is 5.75 Å². The van der Waals surface area contributed by atoms with Gasteiger partial charge in [-0.25, -0.2) is 0 Å². The summed E-state index contributed by atoms with van der Waals surface area (Å²) in [6.07, 6.45) is 4.61. The van der Waals surface area contributed by atoms with E-state index in [0.717, 1.165) is 39.0 Å². The molecule has 1 saturated carbocycles. The molecule has 6 nitrogen and oxygen atoms in total. The van der Waals surface area contributed by atoms with Crippen molar-refractivity contribution in [3.63, 3.8) is 0 Å². The lowest BCUT2D eigenvalue weighted by Crippen LogP contribution is -2.46. The standard InChI is InChI=1S/C16H23N3O3/c20-13-5-6-15(19(21)22)14(11-13)16(12-3-1-2-4-12)18-9-7-17-8-10-18/h5-6,11-12,16-17,20H,1-4,7-10H2/t16-/m1/s1. The largest absolute Gasteiger partial charge is 0.508 e. The van der Waals surface area contributed by atoms with Crippen LogP contribution >= 0.6 is 0 Å². The highest BCUT2D eigenvalue weighted by molar-refractivity contribution is 5.47. The molecule has 2 fully saturated rings. The molecule has 1 aromatic rings. The Bertz CT molecular complexity index is 537. The Labute approximate surface area is 130 Å². The lowest BCUT2D eigenvalue weighted by Gasteiger charge is -2.38. The molecule has 2 aliphatic rings. The molecule has 2 N–H and O–H groups in total. The van der Waals surface area contributed by atoms with E-state index in [2.05, 4.69) is 10.2 Å². The summed E-state index contributed by atoms with van der Waals surface area (Å²) in [6.45, 7) is 3.62. The van der Waals surface area contributed by atoms with Gasteiger partial charge in [0.05, 0.1) is 10.5 Å². The average molecular weight is 305 g/mol. The number of aromatic hydroxyl groups is 1. The topological polar surface area (TPSA) is 78.6 Å². The maximum absolute atomic E-state index is 11.4. The van der Waals surface area contributed by atoms with Crippen molar-refractivity contribution in [2.24, 2.45) is 5.92 Å². The fourth-order valence-corrected chi connectivity index (χ4v) is 3.93. The zero-order chi connectivity index (χ0) is 15.5. The molecule has 1 heterocycles. The third kappa shape index (κ3) is 3.08. The minimum Gasteiger partial charge on any atom is -0.508 e. The Morgan fingerprint density at radius 1 is 1.27 bits per heavy atom. The van der Waals surface area contributed by atoms with Crippen molar-refractivity contribution >= 4 is 5.69 Å². The second kappa shape index (κ2) is 6.62. The van der Waals surface area contributed by atoms with Gasteiger partial charge in [-0.15, -0.1) is 0 Å². The van der Waals surface area contributed by atoms with Crippen molar-refractivity contribution in [2.45, 2.75) is 31.7 Å². The molecule has 22 heavy (non-hydrogen) atoms. The second-order valence-corrected chi connectivity index (χ2v) is 6.28. The maximum Gasteiger partial charge on any atom is 0.274 e. The predicted octanol–water partition coefficient (Wildman–Crippen LogP) is 2.44. The first-order chi connectivity index (χ1) is 10.7. The van der Waals surface area contributed by atoms with E-state index in [4.69, 9.17) is 0 Å². The van der Waals surface area contributed by atoms with Gasteiger partial charge in [-0.2, -0.15) is 0 Å². The number of phenols is 1. The lowest BCUT2D eigenvalue weighted by atomic mass is 9.88. The summed E-state index contributed by atoms with van der Waals surface area (Å²) in [5.74, 6) is 0.553. The second-order valence-electron chi connectivity index (χ2n) is 6.28. The molecule has 0 unspecified atom stereocenters. The molecule has 6 heteroatoms. The number of nitro benzene ring substituents is 1. The molecule has 0 aromatic heterocycles. The van der Waals surface area contributed by atoms with E-state index in [1.807, 2.05) is 0 Å². The minimum atomic E-state index is -0.321. The number of nitrogens with one attached hydrogen (secondary N) is 1. The van der Waals surface area contributed by atoms with Gasteiger partial charge >= 0.3 is 0 Å². The fraction of sp³-hybridized carbons (Fsp3) is 0.625. The third-order valence-electron chi connectivity index (χ3n) is 4.92. The Kier molecular flexibility index (Phi) is 4.59. The zero-order valence-electron chi connectivity index (χ0n) is 12.7. The van der Waals surface area contributed by atoms with Crippen LogP contribution in [0.3, 0.4) is 0 Å². The van der Waals surface area contributed by atoms with Gasteiger partial charge < -0.3 is 10.4 Å². The van der Waals surface area contributed by atoms with Gasteiger partial charge in [0.1, 0.15) is 5.75 Å². The van der Waals surface area contributed by atoms with Crippen LogP contribution in [0.2, 0.25) is 0 Å². The highest BCUT2D eigenvalue weighted by atomic mass is 16.6. The van der Waals surface area contributed by atoms with E-state index in [-0.39, 0.29) is 22.4 Å². The first-order valence-electron chi connectivity index (χ1n) is 8.09. The van der Waals surface area contributed by atoms with Crippen molar-refractivity contribution in [1.29, 1.82) is 0 Å². The quantitative estimate of drug-likeness (QED) is 0.660. The van der Waals surface area contributed by atoms with Crippen LogP contribution in [-0.4, -0.2) is 41.1 Å². The first kappa shape index (κ1) is 15.2. The van der Waals surface area contributed by atoms with Gasteiger partial charge in [-0.1, -0.05) is 12.8 Å². The van der Waals surface area contributed by atoms with Gasteiger partial charge in [0.2, 0.25) is 0 Å². The van der Waals surface area contributed by atoms with Crippen molar-refractivity contribution in [1.82, 2.24) is 10.2 Å². The number of piperazine rings is 1. The van der Waals surface area contributed by atoms with Crippen LogP contribution in [0, 0.1) is 16.0 Å². The van der Waals surface area contributed by atoms with Gasteiger partial charge in [-0.05, 0) is 30.9 Å². The average Bonchev–Trinajstić information content (AvgIpc) is 3.02. The van der Waals surface area contributed by atoms with Crippen LogP contribution in [0.5, 0.6) is 5.75 Å². The molecule has 1 saturated heterocycles. The normalized spacial score (nSPS) is 21.8. The van der Waals surface area contributed by atoms with Crippen molar-refractivity contribution in [3.05, 3.63) is 33.9 Å². The molecule has 1 aliphatic heterocycles. The Morgan fingerprint density at radius 3 is 2.59 bits per heavy atom. The number of rotatable bonds is 4. The Morgan fingerprint density at radius 2 is 1.95 bits per heavy atom. The molecule has 0 spiro atoms. The highest BCUT2D eigenvalue weighted by Gasteiger charge is 2.35. The SMILES string of the molecule is O=[N+]([O-])c1ccc(O)cc1[C@@H](C1CCCC1)N1CCNCC1. The number of hydrogen-bond donors (Lipinski definition) is 2. The number of nitro groups is 1. The van der Waals surface area contributed by atoms with E-state index in [1.165, 1.54) is 25.0 Å². The number of phenolic OH excluding ortho intramolecular Hbond substituents is 1. The summed E-state index contributed by atoms with van der Waals surface area (Å²) in [6, 6.07) is 4.49. The first-order valence-corrected chi connectivity index (χ1v) is 8.09. The molecule has 0 amide bonds. The van der Waals surface area contributed by atoms with E-state index in [9.17, 15) is 15.2 Å². The van der Waals surface area contributed by atoms with E-state index >= 15 is 0 Å². The smallest absolute Gasteiger partial charge is 0.274 e. The van der Waals surface area contributed by atoms with E-state index < -0.39 is 0 Å². The van der Waals surface area contributed by atoms with Gasteiger partial charge in [0, 0.05) is 38.3 Å². The van der Waals surface area contributed by atoms with Crippen LogP contribution in [-0.2, 0) is 0 Å². The minimum absolute atomic E-state index is 0.0390. The number of nitrogens with zero attached hydrogens (tertiary/aromatic N) is 2. The highest BCUT2D eigenvalue weighted by Crippen LogP contribution is 2.43. The number of benzene rings is 1. The Hall–Kier alpha value is -1.66. The summed E-state index contributed by atoms with van der Waals surface area (Å²) in [7, 11) is 0. The van der Waals surface area contributed by atoms with Crippen LogP contribution in [0.25, 0.3) is 0 Å². The zero-order valence-corrected chi connectivity index (χ0v) is 12.7. The molecule has 1 atom stereocenters. The Balaban J connectivity index is 2.00. The lowest BCUT2D eigenvalue weighted by molar-refractivity contribution is -0.386. The molecule has 0 bridgehead atoms. The number of hydrogen-bond acceptors (Lipinski definition) is 5. The van der Waals surface area contributed by atoms with Crippen LogP contribution in [0.15, 0.2) is 18.2 Å². The molecular formula is C16H23N3O3. The molecule has 3 rings (SSSR count). The molecular weight excluding hydrogens is 282 g/mol. The maximum atomic E-state index is 11.4. The van der Waals surface area contributed by atoms with Crippen LogP contribution < -0.4 is 5.32 Å². The van der Waals surface area contributed by atoms with Gasteiger partial charge in [-0.3, -0.25) is 15.0 Å². The summed E-state index contributed by atoms with van der Waals surface area (Å²) < 4.78 is 0. The van der Waals surface area contributed by atoms with Crippen LogP contribution in [0.4, 0.5) is 5.69 Å². The predicted molar refractivity (Wildman–Crippen MR) is 83.9 cm³/mol. The third-order valence-corrected chi connectivity index (χ3v) is 4.92. The van der Waals surface area contributed by atoms with Gasteiger partial charge in [0.25, 0.3) is 5.69 Å². The van der Waals surface area contributed by atoms with Crippen molar-refractivity contribution in [2.75, 3.05) is 26.2 Å². The summed E-state index contributed by atoms with van der Waals surface area (Å²) in [5, 5.41) is 24.6. The fourth-order valence-electron chi connectivity index (χ4n) is 3.93. The van der Waals surface area contributed by atoms with E-state index in [0.29, 0.717) is 11.5 Å². The molecule has 120 valence electrons. The molecule has 0 radical (unpaired) electrons. The summed E-state index contributed by atoms with van der Waals surface area (Å²) in [5.41, 5.74) is 0.812. The molecule has 1 aliphatic carbocycles. The van der Waals surface area contributed by atoms with Gasteiger partial charge in [0.15, 0.2) is 0 Å².